The van der Waals surface area contributed by atoms with Crippen molar-refractivity contribution in [3.05, 3.63) is 35.5 Å². The maximum atomic E-state index is 11.3. The minimum absolute atomic E-state index is 0.178. The van der Waals surface area contributed by atoms with Gasteiger partial charge in [-0.05, 0) is 43.0 Å². The number of primary amides is 1. The molecule has 2 heterocycles. The fraction of sp³-hybridized carbons (Fsp3) is 0.476. The van der Waals surface area contributed by atoms with Crippen molar-refractivity contribution in [2.24, 2.45) is 11.7 Å². The number of nitrogens with one attached hydrogen (secondary N) is 1. The van der Waals surface area contributed by atoms with E-state index in [0.29, 0.717) is 24.3 Å². The minimum Gasteiger partial charge on any atom is -0.547 e. The SMILES string of the molecule is CN1CC(CC(N)=O)CC2c3cccc4[nH]cc(c34)C[C@H]21.O=C([O-])C(O)C(O)C(=O)[O-]. The van der Waals surface area contributed by atoms with Crippen LogP contribution in [0.5, 0.6) is 0 Å². The molecule has 4 unspecified atom stereocenters. The molecule has 1 aliphatic carbocycles. The Hall–Kier alpha value is -2.95. The van der Waals surface area contributed by atoms with Crippen molar-refractivity contribution in [1.29, 1.82) is 0 Å². The molecule has 168 valence electrons. The number of carboxylic acids is 2. The molecule has 1 fully saturated rings. The number of nitrogens with zero attached hydrogens (tertiary/aromatic N) is 1. The van der Waals surface area contributed by atoms with Gasteiger partial charge in [-0.15, -0.1) is 0 Å². The fourth-order valence-electron chi connectivity index (χ4n) is 4.74. The van der Waals surface area contributed by atoms with Gasteiger partial charge in [0.2, 0.25) is 5.91 Å². The van der Waals surface area contributed by atoms with Gasteiger partial charge in [0.15, 0.2) is 0 Å². The number of piperidine rings is 1. The second kappa shape index (κ2) is 9.04. The third-order valence-corrected chi connectivity index (χ3v) is 6.08. The molecule has 5 atom stereocenters. The van der Waals surface area contributed by atoms with E-state index < -0.39 is 24.1 Å². The molecular weight excluding hydrogens is 406 g/mol. The van der Waals surface area contributed by atoms with Gasteiger partial charge in [0.1, 0.15) is 12.2 Å². The molecule has 1 saturated heterocycles. The van der Waals surface area contributed by atoms with E-state index in [4.69, 9.17) is 15.9 Å². The van der Waals surface area contributed by atoms with E-state index >= 15 is 0 Å². The number of rotatable bonds is 5. The zero-order valence-electron chi connectivity index (χ0n) is 17.0. The third-order valence-electron chi connectivity index (χ3n) is 6.08. The van der Waals surface area contributed by atoms with Crippen LogP contribution in [0.4, 0.5) is 0 Å². The number of aliphatic hydroxyl groups excluding tert-OH is 2. The Bertz CT molecular complexity index is 971. The zero-order valence-corrected chi connectivity index (χ0v) is 17.0. The van der Waals surface area contributed by atoms with Gasteiger partial charge >= 0.3 is 0 Å². The van der Waals surface area contributed by atoms with Gasteiger partial charge in [-0.2, -0.15) is 0 Å². The Labute approximate surface area is 178 Å². The van der Waals surface area contributed by atoms with Gasteiger partial charge in [0, 0.05) is 42.0 Å². The van der Waals surface area contributed by atoms with Gasteiger partial charge in [-0.25, -0.2) is 0 Å². The van der Waals surface area contributed by atoms with Crippen molar-refractivity contribution >= 4 is 28.7 Å². The molecule has 1 aromatic heterocycles. The first-order valence-electron chi connectivity index (χ1n) is 9.95. The van der Waals surface area contributed by atoms with E-state index in [1.54, 1.807) is 0 Å². The van der Waals surface area contributed by atoms with Gasteiger partial charge < -0.3 is 45.6 Å². The maximum Gasteiger partial charge on any atom is 0.217 e. The second-order valence-corrected chi connectivity index (χ2v) is 8.20. The van der Waals surface area contributed by atoms with E-state index in [1.807, 2.05) is 0 Å². The average Bonchev–Trinajstić information content (AvgIpc) is 3.12. The smallest absolute Gasteiger partial charge is 0.217 e. The quantitative estimate of drug-likeness (QED) is 0.392. The molecule has 0 saturated carbocycles. The monoisotopic (exact) mass is 431 g/mol. The number of likely N-dealkylation sites (N-methyl/N-ethyl adjacent to an activating group) is 1. The minimum atomic E-state index is -2.44. The van der Waals surface area contributed by atoms with Gasteiger partial charge in [-0.3, -0.25) is 4.79 Å². The Kier molecular flexibility index (Phi) is 6.63. The standard InChI is InChI=1S/C17H21N3O.C4H6O6/c1-20-9-10(6-16(18)21)5-13-12-3-2-4-14-17(12)11(8-19-14)7-15(13)20;5-1(3(7)8)2(6)4(9)10/h2-4,8,10,13,15,19H,5-7,9H2,1H3,(H2,18,21);1-2,5-6H,(H,7,8)(H,9,10)/p-2/t10?,13?,15-;/m1./s1. The average molecular weight is 431 g/mol. The summed E-state index contributed by atoms with van der Waals surface area (Å²) in [5, 5.41) is 37.1. The third kappa shape index (κ3) is 4.71. The predicted molar refractivity (Wildman–Crippen MR) is 105 cm³/mol. The largest absolute Gasteiger partial charge is 0.547 e. The van der Waals surface area contributed by atoms with E-state index in [1.165, 1.54) is 22.0 Å². The Morgan fingerprint density at radius 2 is 1.87 bits per heavy atom. The number of fused-ring (bicyclic) bond motifs is 2. The predicted octanol–water partition coefficient (Wildman–Crippen LogP) is -2.79. The number of carbonyl (C=O) groups is 3. The Morgan fingerprint density at radius 1 is 1.23 bits per heavy atom. The van der Waals surface area contributed by atoms with Gasteiger partial charge in [0.25, 0.3) is 0 Å². The van der Waals surface area contributed by atoms with Crippen LogP contribution >= 0.6 is 0 Å². The highest BCUT2D eigenvalue weighted by Crippen LogP contribution is 2.44. The summed E-state index contributed by atoms with van der Waals surface area (Å²) in [5.41, 5.74) is 9.53. The number of amides is 1. The number of hydrogen-bond donors (Lipinski definition) is 4. The number of nitrogens with two attached hydrogens (primary N) is 1. The number of aliphatic hydroxyl groups is 2. The number of benzene rings is 1. The highest BCUT2D eigenvalue weighted by atomic mass is 16.4. The first-order valence-corrected chi connectivity index (χ1v) is 9.95. The van der Waals surface area contributed by atoms with E-state index in [2.05, 4.69) is 41.3 Å². The highest BCUT2D eigenvalue weighted by Gasteiger charge is 2.39. The Balaban J connectivity index is 0.000000233. The summed E-state index contributed by atoms with van der Waals surface area (Å²) >= 11 is 0. The van der Waals surface area contributed by atoms with Crippen molar-refractivity contribution in [2.75, 3.05) is 13.6 Å². The number of carbonyl (C=O) groups excluding carboxylic acids is 3. The van der Waals surface area contributed by atoms with Crippen molar-refractivity contribution in [1.82, 2.24) is 9.88 Å². The first-order chi connectivity index (χ1) is 14.6. The van der Waals surface area contributed by atoms with E-state index in [9.17, 15) is 24.6 Å². The van der Waals surface area contributed by atoms with Crippen LogP contribution in [0.3, 0.4) is 0 Å². The normalized spacial score (nSPS) is 24.4. The molecule has 2 aromatic rings. The summed E-state index contributed by atoms with van der Waals surface area (Å²) in [6.45, 7) is 0.972. The molecule has 1 amide bonds. The van der Waals surface area contributed by atoms with E-state index in [-0.39, 0.29) is 5.91 Å². The summed E-state index contributed by atoms with van der Waals surface area (Å²) in [6, 6.07) is 7.09. The lowest BCUT2D eigenvalue weighted by Crippen LogP contribution is -2.51. The molecule has 1 aromatic carbocycles. The molecule has 10 nitrogen and oxygen atoms in total. The summed E-state index contributed by atoms with van der Waals surface area (Å²) in [4.78, 5) is 36.4. The molecule has 2 aliphatic rings. The molecular formula is C21H25N3O7-2. The highest BCUT2D eigenvalue weighted by molar-refractivity contribution is 5.88. The van der Waals surface area contributed by atoms with Crippen molar-refractivity contribution < 1.29 is 34.8 Å². The molecule has 5 N–H and O–H groups in total. The molecule has 10 heteroatoms. The van der Waals surface area contributed by atoms with Crippen molar-refractivity contribution in [3.8, 4) is 0 Å². The van der Waals surface area contributed by atoms with Crippen LogP contribution < -0.4 is 15.9 Å². The van der Waals surface area contributed by atoms with Crippen LogP contribution in [0.1, 0.15) is 29.9 Å². The van der Waals surface area contributed by atoms with Crippen LogP contribution in [0.25, 0.3) is 10.9 Å². The number of hydrogen-bond acceptors (Lipinski definition) is 8. The zero-order chi connectivity index (χ0) is 22.9. The van der Waals surface area contributed by atoms with Crippen LogP contribution in [0.15, 0.2) is 24.4 Å². The number of likely N-dealkylation sites (tertiary alicyclic amines) is 1. The van der Waals surface area contributed by atoms with Gasteiger partial charge in [-0.1, -0.05) is 12.1 Å². The number of aromatic amines is 1. The Morgan fingerprint density at radius 3 is 2.45 bits per heavy atom. The number of carboxylic acid groups (broad SMARTS) is 2. The molecule has 0 radical (unpaired) electrons. The number of aliphatic carboxylic acids is 2. The maximum absolute atomic E-state index is 11.3. The molecule has 0 bridgehead atoms. The topological polar surface area (TPSA) is 183 Å². The second-order valence-electron chi connectivity index (χ2n) is 8.20. The van der Waals surface area contributed by atoms with E-state index in [0.717, 1.165) is 19.4 Å². The number of H-pyrrole nitrogens is 1. The molecule has 1 aliphatic heterocycles. The molecule has 0 spiro atoms. The van der Waals surface area contributed by atoms with Crippen LogP contribution in [0, 0.1) is 5.92 Å². The summed E-state index contributed by atoms with van der Waals surface area (Å²) < 4.78 is 0. The molecule has 4 rings (SSSR count). The van der Waals surface area contributed by atoms with Crippen LogP contribution in [-0.2, 0) is 20.8 Å². The number of aromatic nitrogens is 1. The van der Waals surface area contributed by atoms with Crippen LogP contribution in [0.2, 0.25) is 0 Å². The summed E-state index contributed by atoms with van der Waals surface area (Å²) in [5.74, 6) is -3.40. The lowest BCUT2D eigenvalue weighted by molar-refractivity contribution is -0.333. The van der Waals surface area contributed by atoms with Crippen molar-refractivity contribution in [2.45, 2.75) is 43.4 Å². The first kappa shape index (κ1) is 22.7. The fourth-order valence-corrected chi connectivity index (χ4v) is 4.74. The summed E-state index contributed by atoms with van der Waals surface area (Å²) in [6.07, 6.45) is -0.0459. The van der Waals surface area contributed by atoms with Gasteiger partial charge in [0.05, 0.1) is 11.9 Å². The lowest BCUT2D eigenvalue weighted by Gasteiger charge is -2.45. The van der Waals surface area contributed by atoms with Crippen molar-refractivity contribution in [3.63, 3.8) is 0 Å². The summed E-state index contributed by atoms with van der Waals surface area (Å²) in [7, 11) is 2.18. The molecule has 31 heavy (non-hydrogen) atoms. The lowest BCUT2D eigenvalue weighted by atomic mass is 9.72. The van der Waals surface area contributed by atoms with Crippen LogP contribution in [-0.4, -0.2) is 69.8 Å².